The van der Waals surface area contributed by atoms with Crippen LogP contribution in [0.25, 0.3) is 0 Å². The maximum Gasteiger partial charge on any atom is 0.228 e. The first-order valence-electron chi connectivity index (χ1n) is 9.73. The summed E-state index contributed by atoms with van der Waals surface area (Å²) in [5.41, 5.74) is 3.39. The first-order chi connectivity index (χ1) is 14.0. The number of carbonyl (C=O) groups is 1. The first kappa shape index (κ1) is 19.5. The number of carbonyl (C=O) groups excluding carboxylic acids is 1. The van der Waals surface area contributed by atoms with Crippen molar-refractivity contribution in [1.29, 1.82) is 0 Å². The minimum atomic E-state index is 0.0696. The van der Waals surface area contributed by atoms with Crippen molar-refractivity contribution in [3.63, 3.8) is 0 Å². The number of amides is 1. The molecule has 3 aromatic rings. The highest BCUT2D eigenvalue weighted by Crippen LogP contribution is 2.29. The molecule has 0 aliphatic carbocycles. The summed E-state index contributed by atoms with van der Waals surface area (Å²) in [6.45, 7) is 7.32. The Bertz CT molecular complexity index is 987. The van der Waals surface area contributed by atoms with Gasteiger partial charge in [0, 0.05) is 29.6 Å². The van der Waals surface area contributed by atoms with Gasteiger partial charge in [-0.15, -0.1) is 11.3 Å². The Hall–Kier alpha value is -2.81. The van der Waals surface area contributed by atoms with Crippen LogP contribution in [0.15, 0.2) is 22.8 Å². The van der Waals surface area contributed by atoms with Crippen molar-refractivity contribution in [2.75, 3.05) is 18.4 Å². The number of nitrogens with zero attached hydrogens (tertiary/aromatic N) is 5. The summed E-state index contributed by atoms with van der Waals surface area (Å²) in [6.07, 6.45) is 2.03. The van der Waals surface area contributed by atoms with E-state index in [2.05, 4.69) is 38.2 Å². The monoisotopic (exact) mass is 412 g/mol. The van der Waals surface area contributed by atoms with Crippen molar-refractivity contribution >= 4 is 28.2 Å². The van der Waals surface area contributed by atoms with E-state index in [1.54, 1.807) is 18.3 Å². The third-order valence-corrected chi connectivity index (χ3v) is 6.35. The smallest absolute Gasteiger partial charge is 0.228 e. The lowest BCUT2D eigenvalue weighted by molar-refractivity contribution is -0.131. The van der Waals surface area contributed by atoms with E-state index in [9.17, 15) is 4.79 Å². The maximum absolute atomic E-state index is 12.5. The van der Waals surface area contributed by atoms with E-state index in [1.165, 1.54) is 4.88 Å². The van der Waals surface area contributed by atoms with Crippen LogP contribution in [0.1, 0.15) is 46.4 Å². The molecule has 152 valence electrons. The van der Waals surface area contributed by atoms with Crippen molar-refractivity contribution in [3.05, 3.63) is 45.9 Å². The van der Waals surface area contributed by atoms with Gasteiger partial charge in [0.25, 0.3) is 0 Å². The summed E-state index contributed by atoms with van der Waals surface area (Å²) in [4.78, 5) is 25.0. The Morgan fingerprint density at radius 2 is 1.97 bits per heavy atom. The molecule has 3 aromatic heterocycles. The van der Waals surface area contributed by atoms with Gasteiger partial charge in [-0.25, -0.2) is 14.6 Å². The van der Waals surface area contributed by atoms with Gasteiger partial charge in [-0.1, -0.05) is 16.4 Å². The van der Waals surface area contributed by atoms with Crippen LogP contribution in [0.4, 0.5) is 10.9 Å². The van der Waals surface area contributed by atoms with Gasteiger partial charge in [0.15, 0.2) is 5.13 Å². The van der Waals surface area contributed by atoms with Gasteiger partial charge in [-0.2, -0.15) is 0 Å². The molecule has 0 bridgehead atoms. The van der Waals surface area contributed by atoms with Crippen LogP contribution < -0.4 is 5.32 Å². The number of aromatic nitrogens is 4. The van der Waals surface area contributed by atoms with E-state index >= 15 is 0 Å². The van der Waals surface area contributed by atoms with Crippen molar-refractivity contribution in [2.45, 2.75) is 46.0 Å². The minimum absolute atomic E-state index is 0.0696. The van der Waals surface area contributed by atoms with Gasteiger partial charge in [-0.05, 0) is 45.7 Å². The third-order valence-electron chi connectivity index (χ3n) is 5.37. The number of aryl methyl sites for hydroxylation is 3. The fraction of sp³-hybridized carbons (Fsp3) is 0.450. The number of pyridine rings is 1. The fourth-order valence-corrected chi connectivity index (χ4v) is 4.30. The Balaban J connectivity index is 1.36. The average Bonchev–Trinajstić information content (AvgIpc) is 3.26. The molecule has 0 radical (unpaired) electrons. The number of likely N-dealkylation sites (tertiary alicyclic amines) is 1. The molecular formula is C20H24N6O2S. The van der Waals surface area contributed by atoms with Crippen molar-refractivity contribution in [1.82, 2.24) is 25.2 Å². The Morgan fingerprint density at radius 3 is 2.62 bits per heavy atom. The molecule has 0 spiro atoms. The van der Waals surface area contributed by atoms with Crippen LogP contribution in [-0.2, 0) is 11.2 Å². The molecule has 4 rings (SSSR count). The quantitative estimate of drug-likeness (QED) is 0.684. The number of hydrogen-bond donors (Lipinski definition) is 1. The van der Waals surface area contributed by atoms with E-state index in [1.807, 2.05) is 24.0 Å². The molecule has 0 aromatic carbocycles. The van der Waals surface area contributed by atoms with Gasteiger partial charge < -0.3 is 10.2 Å². The second-order valence-electron chi connectivity index (χ2n) is 7.36. The number of rotatable bonds is 5. The molecule has 0 unspecified atom stereocenters. The second kappa shape index (κ2) is 8.28. The topological polar surface area (TPSA) is 97.0 Å². The van der Waals surface area contributed by atoms with Crippen molar-refractivity contribution in [2.24, 2.45) is 0 Å². The highest BCUT2D eigenvalue weighted by Gasteiger charge is 2.26. The summed E-state index contributed by atoms with van der Waals surface area (Å²) < 4.78 is 4.68. The standard InChI is InChI=1S/C20H24N6O2S/c1-12-14(3)29-20(21-12)23-18-6-4-5-16(22-18)15-7-9-26(10-8-15)19(27)11-17-13(2)24-28-25-17/h4-6,15H,7-11H2,1-3H3,(H,21,22,23). The zero-order valence-corrected chi connectivity index (χ0v) is 17.6. The highest BCUT2D eigenvalue weighted by atomic mass is 32.1. The lowest BCUT2D eigenvalue weighted by Gasteiger charge is -2.31. The maximum atomic E-state index is 12.5. The van der Waals surface area contributed by atoms with E-state index in [-0.39, 0.29) is 12.3 Å². The van der Waals surface area contributed by atoms with Gasteiger partial charge in [0.2, 0.25) is 5.91 Å². The lowest BCUT2D eigenvalue weighted by Crippen LogP contribution is -2.39. The summed E-state index contributed by atoms with van der Waals surface area (Å²) in [6, 6.07) is 6.05. The normalized spacial score (nSPS) is 14.9. The minimum Gasteiger partial charge on any atom is -0.342 e. The molecule has 9 heteroatoms. The largest absolute Gasteiger partial charge is 0.342 e. The highest BCUT2D eigenvalue weighted by molar-refractivity contribution is 7.15. The van der Waals surface area contributed by atoms with Crippen LogP contribution >= 0.6 is 11.3 Å². The summed E-state index contributed by atoms with van der Waals surface area (Å²) in [5, 5.41) is 11.7. The van der Waals surface area contributed by atoms with Gasteiger partial charge in [0.1, 0.15) is 17.2 Å². The van der Waals surface area contributed by atoms with Crippen molar-refractivity contribution < 1.29 is 9.42 Å². The zero-order valence-electron chi connectivity index (χ0n) is 16.8. The molecule has 0 atom stereocenters. The molecule has 4 heterocycles. The summed E-state index contributed by atoms with van der Waals surface area (Å²) in [5.74, 6) is 1.22. The predicted molar refractivity (Wildman–Crippen MR) is 110 cm³/mol. The number of anilines is 2. The molecule has 8 nitrogen and oxygen atoms in total. The van der Waals surface area contributed by atoms with E-state index in [4.69, 9.17) is 4.98 Å². The van der Waals surface area contributed by atoms with Gasteiger partial charge >= 0.3 is 0 Å². The Labute approximate surface area is 173 Å². The predicted octanol–water partition coefficient (Wildman–Crippen LogP) is 3.54. The number of thiazole rings is 1. The van der Waals surface area contributed by atoms with Crippen molar-refractivity contribution in [3.8, 4) is 0 Å². The SMILES string of the molecule is Cc1nonc1CC(=O)N1CCC(c2cccc(Nc3nc(C)c(C)s3)n2)CC1. The molecule has 1 amide bonds. The molecule has 29 heavy (non-hydrogen) atoms. The lowest BCUT2D eigenvalue weighted by atomic mass is 9.93. The number of nitrogens with one attached hydrogen (secondary N) is 1. The second-order valence-corrected chi connectivity index (χ2v) is 8.56. The van der Waals surface area contributed by atoms with Gasteiger partial charge in [0.05, 0.1) is 12.1 Å². The average molecular weight is 413 g/mol. The molecule has 0 saturated carbocycles. The van der Waals surface area contributed by atoms with Crippen LogP contribution in [0, 0.1) is 20.8 Å². The van der Waals surface area contributed by atoms with Crippen LogP contribution in [0.5, 0.6) is 0 Å². The first-order valence-corrected chi connectivity index (χ1v) is 10.5. The fourth-order valence-electron chi connectivity index (χ4n) is 3.47. The summed E-state index contributed by atoms with van der Waals surface area (Å²) >= 11 is 1.63. The van der Waals surface area contributed by atoms with E-state index in [0.717, 1.165) is 48.3 Å². The van der Waals surface area contributed by atoms with E-state index in [0.29, 0.717) is 17.3 Å². The zero-order chi connectivity index (χ0) is 20.4. The van der Waals surface area contributed by atoms with Crippen LogP contribution in [0.2, 0.25) is 0 Å². The molecule has 1 N–H and O–H groups in total. The van der Waals surface area contributed by atoms with E-state index < -0.39 is 0 Å². The number of piperidine rings is 1. The molecule has 1 aliphatic rings. The molecular weight excluding hydrogens is 388 g/mol. The molecule has 1 aliphatic heterocycles. The van der Waals surface area contributed by atoms with Crippen LogP contribution in [-0.4, -0.2) is 44.2 Å². The third kappa shape index (κ3) is 4.45. The Morgan fingerprint density at radius 1 is 1.17 bits per heavy atom. The molecule has 1 saturated heterocycles. The van der Waals surface area contributed by atoms with Crippen LogP contribution in [0.3, 0.4) is 0 Å². The Kier molecular flexibility index (Phi) is 5.57. The molecule has 1 fully saturated rings. The van der Waals surface area contributed by atoms with Gasteiger partial charge in [-0.3, -0.25) is 4.79 Å². The number of hydrogen-bond acceptors (Lipinski definition) is 8. The summed E-state index contributed by atoms with van der Waals surface area (Å²) in [7, 11) is 0.